The Hall–Kier alpha value is -0.740. The van der Waals surface area contributed by atoms with E-state index in [4.69, 9.17) is 27.9 Å². The van der Waals surface area contributed by atoms with Gasteiger partial charge in [0, 0.05) is 0 Å². The van der Waals surface area contributed by atoms with Crippen LogP contribution < -0.4 is 5.32 Å². The minimum Gasteiger partial charge on any atom is -0.458 e. The van der Waals surface area contributed by atoms with E-state index in [1.807, 2.05) is 6.92 Å². The van der Waals surface area contributed by atoms with Crippen molar-refractivity contribution >= 4 is 35.1 Å². The van der Waals surface area contributed by atoms with Gasteiger partial charge >= 0.3 is 5.97 Å². The highest BCUT2D eigenvalue weighted by Crippen LogP contribution is 2.05. The van der Waals surface area contributed by atoms with Crippen LogP contribution in [0.5, 0.6) is 0 Å². The van der Waals surface area contributed by atoms with Crippen molar-refractivity contribution in [1.29, 1.82) is 0 Å². The first-order valence-electron chi connectivity index (χ1n) is 4.88. The van der Waals surface area contributed by atoms with Crippen LogP contribution in [0.3, 0.4) is 0 Å². The molecule has 0 radical (unpaired) electrons. The standard InChI is InChI=1S/C10H15Cl2NO3/c1-4-5-7(10(15)16-6(2)3)13-9(14)8(11)12/h5-6,8H,4H2,1-3H3,(H,13,14). The van der Waals surface area contributed by atoms with Crippen molar-refractivity contribution in [1.82, 2.24) is 5.32 Å². The average Bonchev–Trinajstić information content (AvgIpc) is 2.15. The minimum absolute atomic E-state index is 0.0625. The quantitative estimate of drug-likeness (QED) is 0.472. The minimum atomic E-state index is -1.22. The molecule has 0 bridgehead atoms. The second-order valence-corrected chi connectivity index (χ2v) is 4.37. The Labute approximate surface area is 105 Å². The Morgan fingerprint density at radius 3 is 2.31 bits per heavy atom. The van der Waals surface area contributed by atoms with E-state index in [2.05, 4.69) is 5.32 Å². The molecule has 0 unspecified atom stereocenters. The topological polar surface area (TPSA) is 55.4 Å². The summed E-state index contributed by atoms with van der Waals surface area (Å²) in [6.45, 7) is 5.26. The number of alkyl halides is 2. The summed E-state index contributed by atoms with van der Waals surface area (Å²) < 4.78 is 4.94. The summed E-state index contributed by atoms with van der Waals surface area (Å²) in [5.41, 5.74) is 0.0625. The Morgan fingerprint density at radius 2 is 1.94 bits per heavy atom. The molecule has 1 amide bonds. The summed E-state index contributed by atoms with van der Waals surface area (Å²) >= 11 is 10.7. The van der Waals surface area contributed by atoms with Crippen LogP contribution in [0.4, 0.5) is 0 Å². The van der Waals surface area contributed by atoms with Gasteiger partial charge in [-0.25, -0.2) is 4.79 Å². The maximum Gasteiger partial charge on any atom is 0.354 e. The number of esters is 1. The first-order chi connectivity index (χ1) is 7.38. The molecule has 0 aliphatic rings. The van der Waals surface area contributed by atoms with Gasteiger partial charge in [-0.1, -0.05) is 36.2 Å². The van der Waals surface area contributed by atoms with Gasteiger partial charge in [0.05, 0.1) is 6.10 Å². The van der Waals surface area contributed by atoms with Gasteiger partial charge in [0.15, 0.2) is 4.84 Å². The van der Waals surface area contributed by atoms with Crippen LogP contribution >= 0.6 is 23.2 Å². The lowest BCUT2D eigenvalue weighted by Crippen LogP contribution is -2.33. The number of amides is 1. The van der Waals surface area contributed by atoms with Crippen LogP contribution in [-0.2, 0) is 14.3 Å². The average molecular weight is 268 g/mol. The molecular weight excluding hydrogens is 253 g/mol. The fourth-order valence-corrected chi connectivity index (χ4v) is 0.963. The third kappa shape index (κ3) is 5.98. The molecule has 0 fully saturated rings. The molecular formula is C10H15Cl2NO3. The Morgan fingerprint density at radius 1 is 1.38 bits per heavy atom. The number of rotatable bonds is 5. The van der Waals surface area contributed by atoms with Gasteiger partial charge in [-0.3, -0.25) is 4.79 Å². The third-order valence-corrected chi connectivity index (χ3v) is 1.82. The highest BCUT2D eigenvalue weighted by molar-refractivity contribution is 6.53. The Bertz CT molecular complexity index is 288. The zero-order valence-corrected chi connectivity index (χ0v) is 10.9. The van der Waals surface area contributed by atoms with Crippen LogP contribution in [0, 0.1) is 0 Å². The largest absolute Gasteiger partial charge is 0.458 e. The number of nitrogens with one attached hydrogen (secondary N) is 1. The van der Waals surface area contributed by atoms with Gasteiger partial charge in [0.2, 0.25) is 0 Å². The SMILES string of the molecule is CCC=C(NC(=O)C(Cl)Cl)C(=O)OC(C)C. The molecule has 1 N–H and O–H groups in total. The number of hydrogen-bond acceptors (Lipinski definition) is 3. The Kier molecular flexibility index (Phi) is 7.17. The van der Waals surface area contributed by atoms with Crippen molar-refractivity contribution in [3.05, 3.63) is 11.8 Å². The van der Waals surface area contributed by atoms with E-state index in [0.29, 0.717) is 6.42 Å². The van der Waals surface area contributed by atoms with E-state index >= 15 is 0 Å². The number of ether oxygens (including phenoxy) is 1. The van der Waals surface area contributed by atoms with Crippen LogP contribution in [0.15, 0.2) is 11.8 Å². The molecule has 0 aromatic heterocycles. The molecule has 0 spiro atoms. The lowest BCUT2D eigenvalue weighted by Gasteiger charge is -2.12. The number of carbonyl (C=O) groups is 2. The fourth-order valence-electron chi connectivity index (χ4n) is 0.854. The summed E-state index contributed by atoms with van der Waals surface area (Å²) in [6.07, 6.45) is 1.86. The Balaban J connectivity index is 4.57. The van der Waals surface area contributed by atoms with E-state index in [1.165, 1.54) is 0 Å². The number of carbonyl (C=O) groups excluding carboxylic acids is 2. The van der Waals surface area contributed by atoms with Gasteiger partial charge in [-0.2, -0.15) is 0 Å². The van der Waals surface area contributed by atoms with Gasteiger partial charge in [0.25, 0.3) is 5.91 Å². The molecule has 0 aliphatic carbocycles. The van der Waals surface area contributed by atoms with E-state index < -0.39 is 16.7 Å². The van der Waals surface area contributed by atoms with Crippen LogP contribution in [0.1, 0.15) is 27.2 Å². The van der Waals surface area contributed by atoms with Gasteiger partial charge in [0.1, 0.15) is 5.70 Å². The summed E-state index contributed by atoms with van der Waals surface area (Å²) in [6, 6.07) is 0. The lowest BCUT2D eigenvalue weighted by atomic mass is 10.3. The molecule has 92 valence electrons. The van der Waals surface area contributed by atoms with Crippen molar-refractivity contribution < 1.29 is 14.3 Å². The summed E-state index contributed by atoms with van der Waals surface area (Å²) in [4.78, 5) is 21.5. The van der Waals surface area contributed by atoms with Crippen molar-refractivity contribution in [2.45, 2.75) is 38.1 Å². The molecule has 0 rings (SSSR count). The molecule has 0 saturated carbocycles. The van der Waals surface area contributed by atoms with Gasteiger partial charge in [-0.15, -0.1) is 0 Å². The zero-order valence-electron chi connectivity index (χ0n) is 9.42. The number of hydrogen-bond donors (Lipinski definition) is 1. The first-order valence-corrected chi connectivity index (χ1v) is 5.75. The van der Waals surface area contributed by atoms with Crippen molar-refractivity contribution in [3.63, 3.8) is 0 Å². The number of halogens is 2. The molecule has 4 nitrogen and oxygen atoms in total. The lowest BCUT2D eigenvalue weighted by molar-refractivity contribution is -0.144. The van der Waals surface area contributed by atoms with Crippen LogP contribution in [0.25, 0.3) is 0 Å². The van der Waals surface area contributed by atoms with Crippen molar-refractivity contribution in [2.75, 3.05) is 0 Å². The fraction of sp³-hybridized carbons (Fsp3) is 0.600. The summed E-state index contributed by atoms with van der Waals surface area (Å²) in [5.74, 6) is -1.25. The van der Waals surface area contributed by atoms with E-state index in [9.17, 15) is 9.59 Å². The molecule has 0 aromatic carbocycles. The van der Waals surface area contributed by atoms with Crippen molar-refractivity contribution in [2.24, 2.45) is 0 Å². The van der Waals surface area contributed by atoms with Gasteiger partial charge in [-0.05, 0) is 20.3 Å². The molecule has 0 aromatic rings. The summed E-state index contributed by atoms with van der Waals surface area (Å²) in [7, 11) is 0. The van der Waals surface area contributed by atoms with E-state index in [0.717, 1.165) is 0 Å². The molecule has 0 aliphatic heterocycles. The number of allylic oxidation sites excluding steroid dienone is 1. The van der Waals surface area contributed by atoms with E-state index in [1.54, 1.807) is 19.9 Å². The maximum atomic E-state index is 11.5. The molecule has 0 saturated heterocycles. The highest BCUT2D eigenvalue weighted by Gasteiger charge is 2.18. The van der Waals surface area contributed by atoms with Crippen LogP contribution in [0.2, 0.25) is 0 Å². The third-order valence-electron chi connectivity index (χ3n) is 1.43. The van der Waals surface area contributed by atoms with Gasteiger partial charge < -0.3 is 10.1 Å². The molecule has 0 atom stereocenters. The normalized spacial score (nSPS) is 11.8. The van der Waals surface area contributed by atoms with E-state index in [-0.39, 0.29) is 11.8 Å². The van der Waals surface area contributed by atoms with Crippen molar-refractivity contribution in [3.8, 4) is 0 Å². The smallest absolute Gasteiger partial charge is 0.354 e. The molecule has 16 heavy (non-hydrogen) atoms. The second-order valence-electron chi connectivity index (χ2n) is 3.27. The molecule has 6 heteroatoms. The monoisotopic (exact) mass is 267 g/mol. The second kappa shape index (κ2) is 7.52. The highest BCUT2D eigenvalue weighted by atomic mass is 35.5. The predicted octanol–water partition coefficient (Wildman–Crippen LogP) is 2.15. The predicted molar refractivity (Wildman–Crippen MR) is 63.2 cm³/mol. The first kappa shape index (κ1) is 15.3. The maximum absolute atomic E-state index is 11.5. The molecule has 0 heterocycles. The summed E-state index contributed by atoms with van der Waals surface area (Å²) in [5, 5.41) is 2.31. The zero-order chi connectivity index (χ0) is 12.7. The van der Waals surface area contributed by atoms with Crippen LogP contribution in [-0.4, -0.2) is 22.8 Å².